The van der Waals surface area contributed by atoms with Gasteiger partial charge in [0.15, 0.2) is 0 Å². The molecule has 1 saturated carbocycles. The first-order valence-electron chi connectivity index (χ1n) is 4.88. The van der Waals surface area contributed by atoms with Crippen LogP contribution in [0.25, 0.3) is 0 Å². The van der Waals surface area contributed by atoms with E-state index in [4.69, 9.17) is 0 Å². The molecule has 0 spiro atoms. The van der Waals surface area contributed by atoms with Crippen LogP contribution < -0.4 is 5.32 Å². The van der Waals surface area contributed by atoms with Gasteiger partial charge in [-0.25, -0.2) is 4.98 Å². The fourth-order valence-electron chi connectivity index (χ4n) is 1.66. The molecule has 2 rings (SSSR count). The zero-order valence-electron chi connectivity index (χ0n) is 8.82. The summed E-state index contributed by atoms with van der Waals surface area (Å²) in [4.78, 5) is 6.57. The number of hydrogen-bond donors (Lipinski definition) is 1. The average molecular weight is 212 g/mol. The summed E-state index contributed by atoms with van der Waals surface area (Å²) in [5, 5.41) is 4.36. The van der Waals surface area contributed by atoms with E-state index in [1.165, 1.54) is 24.4 Å². The van der Waals surface area contributed by atoms with Gasteiger partial charge in [0, 0.05) is 23.6 Å². The summed E-state index contributed by atoms with van der Waals surface area (Å²) in [6, 6.07) is 1.33. The standard InChI is InChI=1S/C9H16N4S/c1-6-10-9(14-12-6)11-7-4-8(5-7)13(2)3/h7-8H,4-5H2,1-3H3,(H,10,11,12). The highest BCUT2D eigenvalue weighted by molar-refractivity contribution is 7.09. The molecule has 0 unspecified atom stereocenters. The summed E-state index contributed by atoms with van der Waals surface area (Å²) in [6.07, 6.45) is 2.43. The second-order valence-corrected chi connectivity index (χ2v) is 4.83. The fourth-order valence-corrected chi connectivity index (χ4v) is 2.31. The van der Waals surface area contributed by atoms with E-state index in [1.54, 1.807) is 0 Å². The molecule has 1 heterocycles. The minimum Gasteiger partial charge on any atom is -0.357 e. The van der Waals surface area contributed by atoms with Crippen molar-refractivity contribution in [1.82, 2.24) is 14.3 Å². The molecule has 0 aliphatic heterocycles. The summed E-state index contributed by atoms with van der Waals surface area (Å²) in [5.74, 6) is 0.862. The Labute approximate surface area is 88.5 Å². The molecule has 14 heavy (non-hydrogen) atoms. The SMILES string of the molecule is Cc1nsc(NC2CC(N(C)C)C2)n1. The van der Waals surface area contributed by atoms with Crippen molar-refractivity contribution in [2.75, 3.05) is 19.4 Å². The van der Waals surface area contributed by atoms with Gasteiger partial charge in [-0.05, 0) is 33.9 Å². The number of hydrogen-bond acceptors (Lipinski definition) is 5. The molecule has 78 valence electrons. The number of aromatic nitrogens is 2. The number of nitrogens with zero attached hydrogens (tertiary/aromatic N) is 3. The molecule has 1 aromatic rings. The van der Waals surface area contributed by atoms with E-state index in [0.717, 1.165) is 17.0 Å². The summed E-state index contributed by atoms with van der Waals surface area (Å²) >= 11 is 1.45. The quantitative estimate of drug-likeness (QED) is 0.821. The van der Waals surface area contributed by atoms with Crippen molar-refractivity contribution in [2.24, 2.45) is 0 Å². The number of rotatable bonds is 3. The highest BCUT2D eigenvalue weighted by Gasteiger charge is 2.30. The van der Waals surface area contributed by atoms with E-state index in [9.17, 15) is 0 Å². The Morgan fingerprint density at radius 2 is 2.14 bits per heavy atom. The highest BCUT2D eigenvalue weighted by atomic mass is 32.1. The van der Waals surface area contributed by atoms with Crippen molar-refractivity contribution in [2.45, 2.75) is 31.8 Å². The monoisotopic (exact) mass is 212 g/mol. The summed E-state index contributed by atoms with van der Waals surface area (Å²) < 4.78 is 4.14. The molecule has 0 saturated heterocycles. The van der Waals surface area contributed by atoms with Gasteiger partial charge in [0.25, 0.3) is 0 Å². The molecular weight excluding hydrogens is 196 g/mol. The third kappa shape index (κ3) is 2.04. The first-order valence-corrected chi connectivity index (χ1v) is 5.66. The highest BCUT2D eigenvalue weighted by Crippen LogP contribution is 2.27. The number of anilines is 1. The Kier molecular flexibility index (Phi) is 2.69. The Bertz CT molecular complexity index is 304. The third-order valence-corrected chi connectivity index (χ3v) is 3.44. The molecule has 1 aromatic heterocycles. The van der Waals surface area contributed by atoms with E-state index in [1.807, 2.05) is 6.92 Å². The Morgan fingerprint density at radius 1 is 1.43 bits per heavy atom. The molecule has 0 radical (unpaired) electrons. The van der Waals surface area contributed by atoms with Crippen LogP contribution in [-0.4, -0.2) is 40.4 Å². The molecule has 1 N–H and O–H groups in total. The van der Waals surface area contributed by atoms with Crippen LogP contribution >= 0.6 is 11.5 Å². The van der Waals surface area contributed by atoms with E-state index >= 15 is 0 Å². The van der Waals surface area contributed by atoms with Crippen LogP contribution in [-0.2, 0) is 0 Å². The molecule has 5 heteroatoms. The van der Waals surface area contributed by atoms with Gasteiger partial charge >= 0.3 is 0 Å². The Morgan fingerprint density at radius 3 is 2.64 bits per heavy atom. The normalized spacial score (nSPS) is 26.3. The average Bonchev–Trinajstić information content (AvgIpc) is 2.42. The zero-order valence-corrected chi connectivity index (χ0v) is 9.64. The van der Waals surface area contributed by atoms with Crippen molar-refractivity contribution in [1.29, 1.82) is 0 Å². The van der Waals surface area contributed by atoms with Crippen LogP contribution in [0, 0.1) is 6.92 Å². The van der Waals surface area contributed by atoms with Crippen LogP contribution in [0.1, 0.15) is 18.7 Å². The molecule has 1 fully saturated rings. The van der Waals surface area contributed by atoms with Crippen LogP contribution in [0.3, 0.4) is 0 Å². The van der Waals surface area contributed by atoms with Gasteiger partial charge in [-0.3, -0.25) is 0 Å². The molecular formula is C9H16N4S. The molecule has 0 bridgehead atoms. The van der Waals surface area contributed by atoms with Gasteiger partial charge in [-0.2, -0.15) is 4.37 Å². The zero-order chi connectivity index (χ0) is 10.1. The molecule has 1 aliphatic carbocycles. The lowest BCUT2D eigenvalue weighted by Crippen LogP contribution is -2.46. The van der Waals surface area contributed by atoms with Crippen molar-refractivity contribution in [3.8, 4) is 0 Å². The smallest absolute Gasteiger partial charge is 0.202 e. The largest absolute Gasteiger partial charge is 0.357 e. The maximum absolute atomic E-state index is 4.29. The lowest BCUT2D eigenvalue weighted by Gasteiger charge is -2.39. The fraction of sp³-hybridized carbons (Fsp3) is 0.778. The first kappa shape index (κ1) is 9.86. The van der Waals surface area contributed by atoms with Gasteiger partial charge in [-0.15, -0.1) is 0 Å². The lowest BCUT2D eigenvalue weighted by atomic mass is 9.86. The molecule has 0 aromatic carbocycles. The molecule has 1 aliphatic rings. The third-order valence-electron chi connectivity index (χ3n) is 2.70. The maximum Gasteiger partial charge on any atom is 0.202 e. The van der Waals surface area contributed by atoms with Crippen molar-refractivity contribution >= 4 is 16.7 Å². The van der Waals surface area contributed by atoms with Gasteiger partial charge in [0.2, 0.25) is 5.13 Å². The summed E-state index contributed by atoms with van der Waals surface area (Å²) in [7, 11) is 4.27. The Balaban J connectivity index is 1.79. The van der Waals surface area contributed by atoms with E-state index in [-0.39, 0.29) is 0 Å². The minimum absolute atomic E-state index is 0.592. The summed E-state index contributed by atoms with van der Waals surface area (Å²) in [5.41, 5.74) is 0. The maximum atomic E-state index is 4.29. The van der Waals surface area contributed by atoms with Gasteiger partial charge in [0.05, 0.1) is 0 Å². The van der Waals surface area contributed by atoms with Crippen LogP contribution in [0.5, 0.6) is 0 Å². The van der Waals surface area contributed by atoms with Crippen LogP contribution in [0.15, 0.2) is 0 Å². The number of aryl methyl sites for hydroxylation is 1. The van der Waals surface area contributed by atoms with Gasteiger partial charge < -0.3 is 10.2 Å². The molecule has 0 amide bonds. The lowest BCUT2D eigenvalue weighted by molar-refractivity contribution is 0.177. The van der Waals surface area contributed by atoms with E-state index < -0.39 is 0 Å². The molecule has 4 nitrogen and oxygen atoms in total. The van der Waals surface area contributed by atoms with Crippen LogP contribution in [0.4, 0.5) is 5.13 Å². The van der Waals surface area contributed by atoms with Crippen LogP contribution in [0.2, 0.25) is 0 Å². The first-order chi connectivity index (χ1) is 6.65. The van der Waals surface area contributed by atoms with Gasteiger partial charge in [0.1, 0.15) is 5.82 Å². The minimum atomic E-state index is 0.592. The number of nitrogens with one attached hydrogen (secondary N) is 1. The van der Waals surface area contributed by atoms with E-state index in [0.29, 0.717) is 6.04 Å². The second kappa shape index (κ2) is 3.82. The van der Waals surface area contributed by atoms with Gasteiger partial charge in [-0.1, -0.05) is 0 Å². The predicted octanol–water partition coefficient (Wildman–Crippen LogP) is 1.35. The Hall–Kier alpha value is -0.680. The van der Waals surface area contributed by atoms with Crippen molar-refractivity contribution in [3.63, 3.8) is 0 Å². The predicted molar refractivity (Wildman–Crippen MR) is 58.8 cm³/mol. The van der Waals surface area contributed by atoms with E-state index in [2.05, 4.69) is 33.7 Å². The summed E-state index contributed by atoms with van der Waals surface area (Å²) in [6.45, 7) is 1.92. The second-order valence-electron chi connectivity index (χ2n) is 4.08. The van der Waals surface area contributed by atoms with Crippen molar-refractivity contribution < 1.29 is 0 Å². The van der Waals surface area contributed by atoms with Crippen molar-refractivity contribution in [3.05, 3.63) is 5.82 Å². The molecule has 0 atom stereocenters. The topological polar surface area (TPSA) is 41.1 Å².